The Morgan fingerprint density at radius 3 is 2.43 bits per heavy atom. The van der Waals surface area contributed by atoms with Crippen LogP contribution in [0.2, 0.25) is 0 Å². The Morgan fingerprint density at radius 2 is 1.87 bits per heavy atom. The maximum Gasteiger partial charge on any atom is 0.411 e. The van der Waals surface area contributed by atoms with Crippen LogP contribution in [0.3, 0.4) is 0 Å². The van der Waals surface area contributed by atoms with Crippen LogP contribution in [0.4, 0.5) is 31.1 Å². The van der Waals surface area contributed by atoms with Crippen molar-refractivity contribution in [3.8, 4) is 0 Å². The molecule has 1 aromatic heterocycles. The Kier molecular flexibility index (Phi) is 16.4. The second-order valence-corrected chi connectivity index (χ2v) is 14.1. The van der Waals surface area contributed by atoms with Gasteiger partial charge in [0.2, 0.25) is 0 Å². The van der Waals surface area contributed by atoms with E-state index in [-0.39, 0.29) is 17.7 Å². The number of alkyl halides is 6. The van der Waals surface area contributed by atoms with Gasteiger partial charge in [0, 0.05) is 18.0 Å². The lowest BCUT2D eigenvalue weighted by Crippen LogP contribution is -2.40. The van der Waals surface area contributed by atoms with E-state index in [1.807, 2.05) is 38.2 Å². The zero-order valence-electron chi connectivity index (χ0n) is 31.6. The lowest BCUT2D eigenvalue weighted by Gasteiger charge is -2.29. The van der Waals surface area contributed by atoms with Gasteiger partial charge in [-0.1, -0.05) is 49.0 Å². The third-order valence-corrected chi connectivity index (χ3v) is 10.3. The number of likely N-dealkylation sites (tertiary alicyclic amines) is 1. The molecule has 2 aliphatic heterocycles. The maximum absolute atomic E-state index is 14.1. The predicted molar refractivity (Wildman–Crippen MR) is 199 cm³/mol. The Morgan fingerprint density at radius 1 is 1.17 bits per heavy atom. The average Bonchev–Trinajstić information content (AvgIpc) is 3.60. The van der Waals surface area contributed by atoms with E-state index in [2.05, 4.69) is 4.90 Å². The highest BCUT2D eigenvalue weighted by atomic mass is 32.1. The van der Waals surface area contributed by atoms with E-state index in [1.165, 1.54) is 50.6 Å². The van der Waals surface area contributed by atoms with Gasteiger partial charge in [-0.25, -0.2) is 9.59 Å². The number of amides is 1. The third-order valence-electron chi connectivity index (χ3n) is 9.03. The molecule has 0 N–H and O–H groups in total. The number of methoxy groups -OCH3 is 2. The van der Waals surface area contributed by atoms with Crippen LogP contribution < -0.4 is 0 Å². The largest absolute Gasteiger partial charge is 0.504 e. The summed E-state index contributed by atoms with van der Waals surface area (Å²) in [6.45, 7) is 10.2. The highest BCUT2D eigenvalue weighted by molar-refractivity contribution is 7.15. The van der Waals surface area contributed by atoms with Gasteiger partial charge >= 0.3 is 24.4 Å². The van der Waals surface area contributed by atoms with E-state index in [9.17, 15) is 35.9 Å². The molecule has 0 aromatic carbocycles. The molecule has 2 aliphatic rings. The second-order valence-electron chi connectivity index (χ2n) is 13.1. The fourth-order valence-corrected chi connectivity index (χ4v) is 7.08. The number of nitrogens with zero attached hydrogens (tertiary/aromatic N) is 3. The molecule has 3 rings (SSSR count). The first-order valence-corrected chi connectivity index (χ1v) is 18.4. The second kappa shape index (κ2) is 20.0. The van der Waals surface area contributed by atoms with Gasteiger partial charge in [-0.2, -0.15) is 26.3 Å². The van der Waals surface area contributed by atoms with Crippen molar-refractivity contribution < 1.29 is 50.1 Å². The lowest BCUT2D eigenvalue weighted by molar-refractivity contribution is -0.163. The third kappa shape index (κ3) is 12.7. The standard InChI is InChI=1S/C39H49F6N3O5S/c1-8-12-29(14-15-30(13-10-18-51-6)35-26(4)20-33(54-35)36(49)52-7)32(46-24-47-16-11-17-47)23-48-27(5)34(53-37(48)50)25(3)19-31(39(43,44)45)21-28(9-2)22-38(40,41)42/h9-10,12-15,18-20,27,31,34H,8,11,16-17,21-24H2,1-7H3/b15-14+,18-10+,25-19+,28-9+,29-12-,30-13+,46-32-. The fraction of sp³-hybridized carbons (Fsp3) is 0.513. The smallest absolute Gasteiger partial charge is 0.411 e. The molecule has 0 saturated carbocycles. The van der Waals surface area contributed by atoms with Crippen molar-refractivity contribution in [1.82, 2.24) is 9.80 Å². The topological polar surface area (TPSA) is 80.7 Å². The molecule has 298 valence electrons. The van der Waals surface area contributed by atoms with Gasteiger partial charge in [-0.15, -0.1) is 11.3 Å². The number of carbonyl (C=O) groups excluding carboxylic acids is 2. The van der Waals surface area contributed by atoms with E-state index in [1.54, 1.807) is 19.1 Å². The predicted octanol–water partition coefficient (Wildman–Crippen LogP) is 10.0. The minimum Gasteiger partial charge on any atom is -0.504 e. The number of thiophene rings is 1. The number of aliphatic imine (C=N–C) groups is 1. The van der Waals surface area contributed by atoms with Crippen LogP contribution >= 0.6 is 11.3 Å². The van der Waals surface area contributed by atoms with Gasteiger partial charge in [-0.05, 0) is 81.4 Å². The summed E-state index contributed by atoms with van der Waals surface area (Å²) >= 11 is 1.27. The minimum atomic E-state index is -4.83. The molecule has 0 radical (unpaired) electrons. The van der Waals surface area contributed by atoms with Crippen molar-refractivity contribution in [2.24, 2.45) is 10.9 Å². The molecule has 2 saturated heterocycles. The van der Waals surface area contributed by atoms with Gasteiger partial charge in [0.1, 0.15) is 11.0 Å². The molecule has 3 atom stereocenters. The zero-order chi connectivity index (χ0) is 40.2. The van der Waals surface area contributed by atoms with Crippen LogP contribution in [0.25, 0.3) is 5.57 Å². The van der Waals surface area contributed by atoms with Crippen molar-refractivity contribution in [1.29, 1.82) is 0 Å². The Labute approximate surface area is 317 Å². The number of ether oxygens (including phenoxy) is 3. The number of halogens is 6. The summed E-state index contributed by atoms with van der Waals surface area (Å²) in [5, 5.41) is 0. The number of aryl methyl sites for hydroxylation is 1. The van der Waals surface area contributed by atoms with Crippen molar-refractivity contribution >= 4 is 34.7 Å². The van der Waals surface area contributed by atoms with Gasteiger partial charge in [0.25, 0.3) is 0 Å². The molecular weight excluding hydrogens is 737 g/mol. The van der Waals surface area contributed by atoms with Crippen molar-refractivity contribution in [3.05, 3.63) is 86.9 Å². The average molecular weight is 786 g/mol. The number of allylic oxidation sites excluding steroid dienone is 9. The first-order valence-electron chi connectivity index (χ1n) is 17.6. The van der Waals surface area contributed by atoms with Crippen LogP contribution in [0, 0.1) is 12.8 Å². The number of hydrogen-bond donors (Lipinski definition) is 0. The molecule has 0 bridgehead atoms. The van der Waals surface area contributed by atoms with Crippen LogP contribution in [0.1, 0.15) is 73.5 Å². The Balaban J connectivity index is 1.97. The number of cyclic esters (lactones) is 1. The molecule has 0 spiro atoms. The monoisotopic (exact) mass is 785 g/mol. The van der Waals surface area contributed by atoms with Crippen molar-refractivity contribution in [2.75, 3.05) is 40.5 Å². The summed E-state index contributed by atoms with van der Waals surface area (Å²) in [5.74, 6) is -2.66. The van der Waals surface area contributed by atoms with Crippen molar-refractivity contribution in [3.63, 3.8) is 0 Å². The molecule has 1 aromatic rings. The Hall–Kier alpha value is -4.11. The highest BCUT2D eigenvalue weighted by Crippen LogP contribution is 2.38. The van der Waals surface area contributed by atoms with E-state index in [4.69, 9.17) is 19.2 Å². The molecule has 15 heteroatoms. The molecule has 3 unspecified atom stereocenters. The maximum atomic E-state index is 14.1. The summed E-state index contributed by atoms with van der Waals surface area (Å²) in [6.07, 6.45) is 0.699. The molecule has 54 heavy (non-hydrogen) atoms. The Bertz CT molecular complexity index is 1680. The first kappa shape index (κ1) is 44.3. The van der Waals surface area contributed by atoms with Gasteiger partial charge < -0.3 is 14.2 Å². The number of esters is 1. The minimum absolute atomic E-state index is 0.0159. The molecular formula is C39H49F6N3O5S. The van der Waals surface area contributed by atoms with E-state index < -0.39 is 55.3 Å². The van der Waals surface area contributed by atoms with Crippen LogP contribution in [0.15, 0.2) is 76.6 Å². The van der Waals surface area contributed by atoms with Crippen molar-refractivity contribution in [2.45, 2.75) is 84.8 Å². The quantitative estimate of drug-likeness (QED) is 0.0391. The summed E-state index contributed by atoms with van der Waals surface area (Å²) in [5.41, 5.74) is 2.57. The van der Waals surface area contributed by atoms with Crippen LogP contribution in [0.5, 0.6) is 0 Å². The lowest BCUT2D eigenvalue weighted by atomic mass is 9.92. The van der Waals surface area contributed by atoms with Crippen LogP contribution in [-0.2, 0) is 14.2 Å². The SMILES string of the molecule is C/C=C(\CC(/C=C(\C)C1OC(=O)N(CC(=N/CN2CCC2)/C(=C\CC)/C=C/C(=C\C=C\OC)c2sc(C(=O)OC)cc2C)C1C)C(F)(F)F)CC(F)(F)F. The summed E-state index contributed by atoms with van der Waals surface area (Å²) in [7, 11) is 2.84. The molecule has 0 aliphatic carbocycles. The van der Waals surface area contributed by atoms with E-state index in [0.29, 0.717) is 29.3 Å². The summed E-state index contributed by atoms with van der Waals surface area (Å²) in [4.78, 5) is 35.3. The van der Waals surface area contributed by atoms with Crippen LogP contribution in [-0.4, -0.2) is 92.6 Å². The molecule has 3 heterocycles. The van der Waals surface area contributed by atoms with Gasteiger partial charge in [0.15, 0.2) is 0 Å². The first-order chi connectivity index (χ1) is 25.4. The highest BCUT2D eigenvalue weighted by Gasteiger charge is 2.44. The molecule has 1 amide bonds. The number of rotatable bonds is 17. The molecule has 2 fully saturated rings. The zero-order valence-corrected chi connectivity index (χ0v) is 32.5. The summed E-state index contributed by atoms with van der Waals surface area (Å²) in [6, 6.07) is 1.03. The van der Waals surface area contributed by atoms with Gasteiger partial charge in [-0.3, -0.25) is 14.8 Å². The number of hydrogen-bond acceptors (Lipinski definition) is 8. The summed E-state index contributed by atoms with van der Waals surface area (Å²) < 4.78 is 97.2. The van der Waals surface area contributed by atoms with Gasteiger partial charge in [0.05, 0.1) is 57.8 Å². The molecule has 8 nitrogen and oxygen atoms in total. The van der Waals surface area contributed by atoms with E-state index >= 15 is 0 Å². The fourth-order valence-electron chi connectivity index (χ4n) is 5.98. The van der Waals surface area contributed by atoms with E-state index in [0.717, 1.165) is 47.7 Å². The number of carbonyl (C=O) groups is 2. The normalized spacial score (nSPS) is 20.6.